The van der Waals surface area contributed by atoms with Crippen LogP contribution in [0.15, 0.2) is 46.9 Å². The van der Waals surface area contributed by atoms with Crippen molar-refractivity contribution in [1.29, 1.82) is 0 Å². The van der Waals surface area contributed by atoms with Gasteiger partial charge in [0.15, 0.2) is 11.5 Å². The molecule has 0 saturated heterocycles. The Hall–Kier alpha value is -2.41. The van der Waals surface area contributed by atoms with Gasteiger partial charge in [0, 0.05) is 16.2 Å². The minimum atomic E-state index is -0.318. The molecule has 2 aromatic rings. The van der Waals surface area contributed by atoms with Crippen LogP contribution in [0.25, 0.3) is 0 Å². The minimum Gasteiger partial charge on any atom is -0.493 e. The summed E-state index contributed by atoms with van der Waals surface area (Å²) in [5.74, 6) is 1.90. The van der Waals surface area contributed by atoms with Crippen LogP contribution in [0.1, 0.15) is 0 Å². The molecule has 0 atom stereocenters. The maximum atomic E-state index is 11.9. The molecule has 0 unspecified atom stereocenters. The van der Waals surface area contributed by atoms with Crippen molar-refractivity contribution in [1.82, 2.24) is 5.32 Å². The zero-order valence-electron chi connectivity index (χ0n) is 13.5. The summed E-state index contributed by atoms with van der Waals surface area (Å²) in [5.41, 5.74) is 0.610. The summed E-state index contributed by atoms with van der Waals surface area (Å²) in [6.45, 7) is 0.760. The third-order valence-electron chi connectivity index (χ3n) is 3.11. The maximum absolute atomic E-state index is 11.9. The van der Waals surface area contributed by atoms with Gasteiger partial charge >= 0.3 is 6.03 Å². The molecule has 6 nitrogen and oxygen atoms in total. The SMILES string of the molecule is COc1ccc(NC(=O)NCCOc2ccc(Br)cc2)cc1OC. The molecule has 0 bridgehead atoms. The standard InChI is InChI=1S/C17H19BrN2O4/c1-22-15-8-5-13(11-16(15)23-2)20-17(21)19-9-10-24-14-6-3-12(18)4-7-14/h3-8,11H,9-10H2,1-2H3,(H2,19,20,21). The van der Waals surface area contributed by atoms with Crippen LogP contribution in [-0.2, 0) is 0 Å². The molecule has 0 heterocycles. The van der Waals surface area contributed by atoms with Crippen molar-refractivity contribution in [2.45, 2.75) is 0 Å². The van der Waals surface area contributed by atoms with Crippen molar-refractivity contribution in [3.8, 4) is 17.2 Å². The van der Waals surface area contributed by atoms with Gasteiger partial charge in [0.1, 0.15) is 12.4 Å². The lowest BCUT2D eigenvalue weighted by atomic mass is 10.3. The number of nitrogens with one attached hydrogen (secondary N) is 2. The van der Waals surface area contributed by atoms with E-state index in [1.165, 1.54) is 0 Å². The molecular weight excluding hydrogens is 376 g/mol. The molecule has 2 N–H and O–H groups in total. The van der Waals surface area contributed by atoms with Crippen LogP contribution in [-0.4, -0.2) is 33.4 Å². The summed E-state index contributed by atoms with van der Waals surface area (Å²) in [6.07, 6.45) is 0. The van der Waals surface area contributed by atoms with Gasteiger partial charge in [-0.05, 0) is 36.4 Å². The van der Waals surface area contributed by atoms with E-state index in [0.29, 0.717) is 30.3 Å². The van der Waals surface area contributed by atoms with Crippen LogP contribution in [0.4, 0.5) is 10.5 Å². The Balaban J connectivity index is 1.76. The maximum Gasteiger partial charge on any atom is 0.319 e. The quantitative estimate of drug-likeness (QED) is 0.702. The lowest BCUT2D eigenvalue weighted by Crippen LogP contribution is -2.32. The summed E-state index contributed by atoms with van der Waals surface area (Å²) in [6, 6.07) is 12.3. The monoisotopic (exact) mass is 394 g/mol. The van der Waals surface area contributed by atoms with E-state index >= 15 is 0 Å². The zero-order valence-corrected chi connectivity index (χ0v) is 15.1. The number of anilines is 1. The van der Waals surface area contributed by atoms with Crippen molar-refractivity contribution in [2.24, 2.45) is 0 Å². The van der Waals surface area contributed by atoms with E-state index in [1.807, 2.05) is 24.3 Å². The Bertz CT molecular complexity index is 677. The molecule has 7 heteroatoms. The smallest absolute Gasteiger partial charge is 0.319 e. The normalized spacial score (nSPS) is 9.96. The molecular formula is C17H19BrN2O4. The zero-order chi connectivity index (χ0) is 17.4. The van der Waals surface area contributed by atoms with Gasteiger partial charge in [-0.25, -0.2) is 4.79 Å². The van der Waals surface area contributed by atoms with Crippen molar-refractivity contribution < 1.29 is 19.0 Å². The summed E-state index contributed by atoms with van der Waals surface area (Å²) < 4.78 is 16.9. The third-order valence-corrected chi connectivity index (χ3v) is 3.64. The molecule has 0 aliphatic heterocycles. The second-order valence-electron chi connectivity index (χ2n) is 4.75. The van der Waals surface area contributed by atoms with Crippen LogP contribution in [0.3, 0.4) is 0 Å². The van der Waals surface area contributed by atoms with E-state index in [1.54, 1.807) is 32.4 Å². The molecule has 0 aliphatic rings. The van der Waals surface area contributed by atoms with Crippen molar-refractivity contribution in [2.75, 3.05) is 32.7 Å². The van der Waals surface area contributed by atoms with Gasteiger partial charge in [0.05, 0.1) is 20.8 Å². The largest absolute Gasteiger partial charge is 0.493 e. The highest BCUT2D eigenvalue weighted by Gasteiger charge is 2.07. The van der Waals surface area contributed by atoms with Gasteiger partial charge < -0.3 is 24.8 Å². The number of carbonyl (C=O) groups excluding carboxylic acids is 1. The average molecular weight is 395 g/mol. The first kappa shape index (κ1) is 17.9. The molecule has 128 valence electrons. The van der Waals surface area contributed by atoms with E-state index in [4.69, 9.17) is 14.2 Å². The number of amides is 2. The second kappa shape index (κ2) is 9.02. The number of methoxy groups -OCH3 is 2. The highest BCUT2D eigenvalue weighted by Crippen LogP contribution is 2.29. The molecule has 2 aromatic carbocycles. The number of benzene rings is 2. The third kappa shape index (κ3) is 5.34. The van der Waals surface area contributed by atoms with Crippen molar-refractivity contribution in [3.05, 3.63) is 46.9 Å². The minimum absolute atomic E-state index is 0.318. The molecule has 0 saturated carbocycles. The number of ether oxygens (including phenoxy) is 3. The number of rotatable bonds is 7. The van der Waals surface area contributed by atoms with E-state index in [9.17, 15) is 4.79 Å². The van der Waals surface area contributed by atoms with Gasteiger partial charge in [-0.1, -0.05) is 15.9 Å². The molecule has 0 fully saturated rings. The van der Waals surface area contributed by atoms with Gasteiger partial charge in [-0.3, -0.25) is 0 Å². The molecule has 0 aromatic heterocycles. The Morgan fingerprint density at radius 1 is 1.04 bits per heavy atom. The van der Waals surface area contributed by atoms with Crippen LogP contribution in [0, 0.1) is 0 Å². The fraction of sp³-hybridized carbons (Fsp3) is 0.235. The van der Waals surface area contributed by atoms with Crippen LogP contribution < -0.4 is 24.8 Å². The topological polar surface area (TPSA) is 68.8 Å². The molecule has 0 radical (unpaired) electrons. The Kier molecular flexibility index (Phi) is 6.74. The molecule has 2 amide bonds. The van der Waals surface area contributed by atoms with E-state index in [2.05, 4.69) is 26.6 Å². The summed E-state index contributed by atoms with van der Waals surface area (Å²) in [4.78, 5) is 11.9. The molecule has 24 heavy (non-hydrogen) atoms. The van der Waals surface area contributed by atoms with Gasteiger partial charge in [0.2, 0.25) is 0 Å². The Morgan fingerprint density at radius 3 is 2.42 bits per heavy atom. The first-order valence-electron chi connectivity index (χ1n) is 7.27. The van der Waals surface area contributed by atoms with Gasteiger partial charge in [-0.2, -0.15) is 0 Å². The van der Waals surface area contributed by atoms with Crippen LogP contribution in [0.5, 0.6) is 17.2 Å². The summed E-state index contributed by atoms with van der Waals surface area (Å²) >= 11 is 3.36. The van der Waals surface area contributed by atoms with E-state index in [-0.39, 0.29) is 6.03 Å². The molecule has 2 rings (SSSR count). The van der Waals surface area contributed by atoms with Gasteiger partial charge in [-0.15, -0.1) is 0 Å². The predicted molar refractivity (Wildman–Crippen MR) is 96.2 cm³/mol. The predicted octanol–water partition coefficient (Wildman–Crippen LogP) is 3.67. The number of hydrogen-bond donors (Lipinski definition) is 2. The summed E-state index contributed by atoms with van der Waals surface area (Å²) in [5, 5.41) is 5.45. The number of halogens is 1. The van der Waals surface area contributed by atoms with Gasteiger partial charge in [0.25, 0.3) is 0 Å². The lowest BCUT2D eigenvalue weighted by molar-refractivity contribution is 0.247. The Labute approximate surface area is 149 Å². The average Bonchev–Trinajstić information content (AvgIpc) is 2.60. The molecule has 0 spiro atoms. The number of urea groups is 1. The fourth-order valence-electron chi connectivity index (χ4n) is 1.95. The second-order valence-corrected chi connectivity index (χ2v) is 5.67. The number of hydrogen-bond acceptors (Lipinski definition) is 4. The van der Waals surface area contributed by atoms with Crippen LogP contribution >= 0.6 is 15.9 Å². The van der Waals surface area contributed by atoms with E-state index < -0.39 is 0 Å². The van der Waals surface area contributed by atoms with E-state index in [0.717, 1.165) is 10.2 Å². The molecule has 0 aliphatic carbocycles. The highest BCUT2D eigenvalue weighted by atomic mass is 79.9. The summed E-state index contributed by atoms with van der Waals surface area (Å²) in [7, 11) is 3.10. The first-order chi connectivity index (χ1) is 11.6. The Morgan fingerprint density at radius 2 is 1.75 bits per heavy atom. The lowest BCUT2D eigenvalue weighted by Gasteiger charge is -2.11. The fourth-order valence-corrected chi connectivity index (χ4v) is 2.22. The van der Waals surface area contributed by atoms with Crippen molar-refractivity contribution >= 4 is 27.6 Å². The van der Waals surface area contributed by atoms with Crippen molar-refractivity contribution in [3.63, 3.8) is 0 Å². The first-order valence-corrected chi connectivity index (χ1v) is 8.07. The van der Waals surface area contributed by atoms with Crippen LogP contribution in [0.2, 0.25) is 0 Å². The highest BCUT2D eigenvalue weighted by molar-refractivity contribution is 9.10. The number of carbonyl (C=O) groups is 1.